The molecule has 6 nitrogen and oxygen atoms in total. The quantitative estimate of drug-likeness (QED) is 0.428. The van der Waals surface area contributed by atoms with Crippen molar-refractivity contribution in [2.45, 2.75) is 40.8 Å². The molecule has 0 radical (unpaired) electrons. The van der Waals surface area contributed by atoms with E-state index in [0.29, 0.717) is 13.1 Å². The monoisotopic (exact) mass is 454 g/mol. The normalized spacial score (nSPS) is 11.0. The highest BCUT2D eigenvalue weighted by Crippen LogP contribution is 2.21. The minimum atomic E-state index is -0.300. The number of aromatic nitrogens is 3. The third kappa shape index (κ3) is 4.57. The zero-order chi connectivity index (χ0) is 24.4. The zero-order valence-corrected chi connectivity index (χ0v) is 20.4. The van der Waals surface area contributed by atoms with Crippen LogP contribution in [-0.2, 0) is 13.1 Å². The predicted molar refractivity (Wildman–Crippen MR) is 135 cm³/mol. The second-order valence-corrected chi connectivity index (χ2v) is 8.85. The summed E-state index contributed by atoms with van der Waals surface area (Å²) < 4.78 is 3.51. The van der Waals surface area contributed by atoms with Crippen LogP contribution in [-0.4, -0.2) is 32.2 Å². The summed E-state index contributed by atoms with van der Waals surface area (Å²) in [5.41, 5.74) is 7.01. The van der Waals surface area contributed by atoms with Crippen LogP contribution >= 0.6 is 0 Å². The lowest BCUT2D eigenvalue weighted by Crippen LogP contribution is -2.34. The van der Waals surface area contributed by atoms with Gasteiger partial charge in [-0.3, -0.25) is 9.59 Å². The maximum atomic E-state index is 13.3. The topological polar surface area (TPSA) is 60.1 Å². The van der Waals surface area contributed by atoms with E-state index in [-0.39, 0.29) is 17.0 Å². The van der Waals surface area contributed by atoms with Crippen molar-refractivity contribution in [2.75, 3.05) is 7.05 Å². The first-order chi connectivity index (χ1) is 16.3. The molecule has 0 bridgehead atoms. The van der Waals surface area contributed by atoms with Crippen molar-refractivity contribution in [1.29, 1.82) is 0 Å². The smallest absolute Gasteiger partial charge is 0.263 e. The van der Waals surface area contributed by atoms with Crippen molar-refractivity contribution in [3.8, 4) is 5.69 Å². The SMILES string of the molecule is Cc1cccc(Cn2cccc(C(=O)N(C)Cc3c(C)nn(-c4ccccc4C)c3C)c2=O)c1. The van der Waals surface area contributed by atoms with Gasteiger partial charge in [0.05, 0.1) is 17.9 Å². The summed E-state index contributed by atoms with van der Waals surface area (Å²) in [6.45, 7) is 8.83. The standard InChI is InChI=1S/C28H30N4O2/c1-19-10-8-12-23(16-19)17-31-15-9-13-24(28(31)34)27(33)30(5)18-25-21(3)29-32(22(25)4)26-14-7-6-11-20(26)2/h6-16H,17-18H2,1-5H3. The fourth-order valence-electron chi connectivity index (χ4n) is 4.29. The van der Waals surface area contributed by atoms with Gasteiger partial charge in [-0.15, -0.1) is 0 Å². The van der Waals surface area contributed by atoms with Gasteiger partial charge in [-0.05, 0) is 57.0 Å². The van der Waals surface area contributed by atoms with Crippen LogP contribution in [0.25, 0.3) is 5.69 Å². The van der Waals surface area contributed by atoms with Crippen molar-refractivity contribution >= 4 is 5.91 Å². The molecule has 0 N–H and O–H groups in total. The van der Waals surface area contributed by atoms with Gasteiger partial charge < -0.3 is 9.47 Å². The van der Waals surface area contributed by atoms with Crippen molar-refractivity contribution in [3.63, 3.8) is 0 Å². The number of pyridine rings is 1. The van der Waals surface area contributed by atoms with Crippen molar-refractivity contribution < 1.29 is 4.79 Å². The molecule has 6 heteroatoms. The summed E-state index contributed by atoms with van der Waals surface area (Å²) >= 11 is 0. The zero-order valence-electron chi connectivity index (χ0n) is 20.4. The molecule has 2 aromatic heterocycles. The van der Waals surface area contributed by atoms with Crippen LogP contribution in [0, 0.1) is 27.7 Å². The highest BCUT2D eigenvalue weighted by molar-refractivity contribution is 5.93. The molecule has 0 atom stereocenters. The summed E-state index contributed by atoms with van der Waals surface area (Å²) in [5, 5.41) is 4.72. The molecule has 34 heavy (non-hydrogen) atoms. The highest BCUT2D eigenvalue weighted by Gasteiger charge is 2.21. The first-order valence-electron chi connectivity index (χ1n) is 11.4. The van der Waals surface area contributed by atoms with Crippen LogP contribution < -0.4 is 5.56 Å². The van der Waals surface area contributed by atoms with Gasteiger partial charge in [-0.2, -0.15) is 5.10 Å². The molecule has 0 aliphatic rings. The molecular formula is C28H30N4O2. The molecule has 4 rings (SSSR count). The Balaban J connectivity index is 1.58. The molecule has 0 saturated carbocycles. The Morgan fingerprint density at radius 1 is 0.971 bits per heavy atom. The Hall–Kier alpha value is -3.93. The van der Waals surface area contributed by atoms with Crippen LogP contribution in [0.1, 0.15) is 44.0 Å². The lowest BCUT2D eigenvalue weighted by molar-refractivity contribution is 0.0782. The second kappa shape index (κ2) is 9.51. The molecule has 174 valence electrons. The number of carbonyl (C=O) groups is 1. The van der Waals surface area contributed by atoms with E-state index < -0.39 is 0 Å². The number of hydrogen-bond acceptors (Lipinski definition) is 3. The first-order valence-corrected chi connectivity index (χ1v) is 11.4. The average Bonchev–Trinajstić information content (AvgIpc) is 3.08. The second-order valence-electron chi connectivity index (χ2n) is 8.85. The molecule has 2 heterocycles. The maximum Gasteiger partial charge on any atom is 0.263 e. The summed E-state index contributed by atoms with van der Waals surface area (Å²) in [6.07, 6.45) is 1.72. The number of nitrogens with zero attached hydrogens (tertiary/aromatic N) is 4. The molecule has 0 aliphatic heterocycles. The molecule has 0 aliphatic carbocycles. The number of rotatable bonds is 6. The van der Waals surface area contributed by atoms with Gasteiger partial charge in [0, 0.05) is 31.0 Å². The molecular weight excluding hydrogens is 424 g/mol. The van der Waals surface area contributed by atoms with Crippen molar-refractivity contribution in [2.24, 2.45) is 0 Å². The molecule has 2 aromatic carbocycles. The summed E-state index contributed by atoms with van der Waals surface area (Å²) in [7, 11) is 1.73. The van der Waals surface area contributed by atoms with E-state index in [1.54, 1.807) is 34.8 Å². The van der Waals surface area contributed by atoms with Gasteiger partial charge in [-0.25, -0.2) is 4.68 Å². The van der Waals surface area contributed by atoms with E-state index in [1.807, 2.05) is 67.9 Å². The van der Waals surface area contributed by atoms with Crippen LogP contribution in [0.2, 0.25) is 0 Å². The lowest BCUT2D eigenvalue weighted by Gasteiger charge is -2.18. The minimum absolute atomic E-state index is 0.166. The van der Waals surface area contributed by atoms with E-state index in [0.717, 1.165) is 39.3 Å². The number of aryl methyl sites for hydroxylation is 3. The van der Waals surface area contributed by atoms with E-state index in [4.69, 9.17) is 5.10 Å². The van der Waals surface area contributed by atoms with Gasteiger partial charge in [-0.1, -0.05) is 48.0 Å². The summed E-state index contributed by atoms with van der Waals surface area (Å²) in [5.74, 6) is -0.300. The minimum Gasteiger partial charge on any atom is -0.337 e. The van der Waals surface area contributed by atoms with Gasteiger partial charge in [0.2, 0.25) is 0 Å². The number of benzene rings is 2. The number of carbonyl (C=O) groups excluding carboxylic acids is 1. The molecule has 0 spiro atoms. The fourth-order valence-corrected chi connectivity index (χ4v) is 4.29. The van der Waals surface area contributed by atoms with Crippen LogP contribution in [0.3, 0.4) is 0 Å². The molecule has 1 amide bonds. The van der Waals surface area contributed by atoms with Crippen LogP contribution in [0.5, 0.6) is 0 Å². The predicted octanol–water partition coefficient (Wildman–Crippen LogP) is 4.59. The largest absolute Gasteiger partial charge is 0.337 e. The Kier molecular flexibility index (Phi) is 6.50. The van der Waals surface area contributed by atoms with Crippen molar-refractivity contribution in [1.82, 2.24) is 19.2 Å². The van der Waals surface area contributed by atoms with E-state index in [1.165, 1.54) is 0 Å². The lowest BCUT2D eigenvalue weighted by atomic mass is 10.1. The first kappa shape index (κ1) is 23.2. The molecule has 0 fully saturated rings. The van der Waals surface area contributed by atoms with E-state index in [9.17, 15) is 9.59 Å². The Bertz CT molecular complexity index is 1410. The number of hydrogen-bond donors (Lipinski definition) is 0. The number of para-hydroxylation sites is 1. The average molecular weight is 455 g/mol. The van der Waals surface area contributed by atoms with E-state index >= 15 is 0 Å². The number of amides is 1. The Morgan fingerprint density at radius 2 is 1.74 bits per heavy atom. The van der Waals surface area contributed by atoms with Gasteiger partial charge in [0.25, 0.3) is 11.5 Å². The fraction of sp³-hybridized carbons (Fsp3) is 0.250. The van der Waals surface area contributed by atoms with Crippen LogP contribution in [0.15, 0.2) is 71.7 Å². The third-order valence-corrected chi connectivity index (χ3v) is 6.21. The molecule has 0 saturated heterocycles. The van der Waals surface area contributed by atoms with Gasteiger partial charge in [0.15, 0.2) is 0 Å². The van der Waals surface area contributed by atoms with E-state index in [2.05, 4.69) is 13.0 Å². The summed E-state index contributed by atoms with van der Waals surface area (Å²) in [4.78, 5) is 28.0. The van der Waals surface area contributed by atoms with Gasteiger partial charge >= 0.3 is 0 Å². The molecule has 4 aromatic rings. The van der Waals surface area contributed by atoms with Gasteiger partial charge in [0.1, 0.15) is 5.56 Å². The Labute approximate surface area is 200 Å². The summed E-state index contributed by atoms with van der Waals surface area (Å²) in [6, 6.07) is 19.5. The Morgan fingerprint density at radius 3 is 2.47 bits per heavy atom. The maximum absolute atomic E-state index is 13.3. The third-order valence-electron chi connectivity index (χ3n) is 6.21. The van der Waals surface area contributed by atoms with Crippen LogP contribution in [0.4, 0.5) is 0 Å². The highest BCUT2D eigenvalue weighted by atomic mass is 16.2. The molecule has 0 unspecified atom stereocenters. The van der Waals surface area contributed by atoms with Crippen molar-refractivity contribution in [3.05, 3.63) is 116 Å².